The molecule has 29 heteroatoms. The molecule has 0 saturated carbocycles. The molecule has 8 atom stereocenters. The van der Waals surface area contributed by atoms with Crippen LogP contribution in [0.25, 0.3) is 11.6 Å². The third-order valence-electron chi connectivity index (χ3n) is 13.2. The Morgan fingerprint density at radius 2 is 1.32 bits per heavy atom. The molecule has 26 nitrogen and oxygen atoms in total. The summed E-state index contributed by atoms with van der Waals surface area (Å²) in [6.45, 7) is 21.9. The second-order valence-corrected chi connectivity index (χ2v) is 25.0. The summed E-state index contributed by atoms with van der Waals surface area (Å²) in [5.74, 6) is -9.44. The highest BCUT2D eigenvalue weighted by atomic mass is 32.3. The van der Waals surface area contributed by atoms with Crippen molar-refractivity contribution in [1.82, 2.24) is 19.9 Å². The Morgan fingerprint density at radius 1 is 0.780 bits per heavy atom. The average Bonchev–Trinajstić information content (AvgIpc) is 4.31. The van der Waals surface area contributed by atoms with Gasteiger partial charge in [0.2, 0.25) is 5.91 Å². The molecule has 450 valence electrons. The number of sulfonamides is 1. The minimum Gasteiger partial charge on any atom is -0.451 e. The number of benzene rings is 1. The number of sulfone groups is 1. The summed E-state index contributed by atoms with van der Waals surface area (Å²) in [5.41, 5.74) is 5.64. The highest BCUT2D eigenvalue weighted by molar-refractivity contribution is 7.95. The molecule has 82 heavy (non-hydrogen) atoms. The summed E-state index contributed by atoms with van der Waals surface area (Å²) < 4.78 is 83.7. The normalized spacial score (nSPS) is 18.0. The number of rotatable bonds is 27. The largest absolute Gasteiger partial charge is 0.451 e. The van der Waals surface area contributed by atoms with Crippen LogP contribution in [0.2, 0.25) is 0 Å². The summed E-state index contributed by atoms with van der Waals surface area (Å²) in [6.07, 6.45) is -8.96. The molecule has 0 bridgehead atoms. The van der Waals surface area contributed by atoms with Crippen LogP contribution in [0.4, 0.5) is 17.1 Å². The zero-order valence-electron chi connectivity index (χ0n) is 47.6. The van der Waals surface area contributed by atoms with Crippen molar-refractivity contribution >= 4 is 113 Å². The molecule has 5 rings (SSSR count). The lowest BCUT2D eigenvalue weighted by atomic mass is 10.0. The van der Waals surface area contributed by atoms with Crippen LogP contribution >= 0.6 is 11.3 Å². The topological polar surface area (TPSA) is 356 Å². The second-order valence-electron chi connectivity index (χ2n) is 19.4. The average molecular weight is 1210 g/mol. The van der Waals surface area contributed by atoms with E-state index in [4.69, 9.17) is 28.4 Å². The van der Waals surface area contributed by atoms with Crippen molar-refractivity contribution in [3.63, 3.8) is 0 Å². The Hall–Kier alpha value is -7.21. The fourth-order valence-electron chi connectivity index (χ4n) is 8.39. The number of nitrogens with one attached hydrogen (secondary N) is 6. The fourth-order valence-corrected chi connectivity index (χ4v) is 13.4. The van der Waals surface area contributed by atoms with Gasteiger partial charge in [-0.15, -0.1) is 11.3 Å². The first kappa shape index (κ1) is 65.6. The highest BCUT2D eigenvalue weighted by Crippen LogP contribution is 2.43. The van der Waals surface area contributed by atoms with Gasteiger partial charge in [0.25, 0.3) is 21.8 Å². The van der Waals surface area contributed by atoms with Crippen molar-refractivity contribution in [2.75, 3.05) is 48.7 Å². The molecule has 0 unspecified atom stereocenters. The summed E-state index contributed by atoms with van der Waals surface area (Å²) in [6, 6.07) is 5.59. The van der Waals surface area contributed by atoms with Gasteiger partial charge in [-0.1, -0.05) is 20.8 Å². The van der Waals surface area contributed by atoms with Gasteiger partial charge < -0.3 is 59.6 Å². The van der Waals surface area contributed by atoms with Gasteiger partial charge in [0.1, 0.15) is 8.42 Å². The molecular formula is C53H71N7O19S3. The molecule has 0 aliphatic carbocycles. The molecule has 4 heterocycles. The molecule has 3 amide bonds. The highest BCUT2D eigenvalue weighted by Gasteiger charge is 2.41. The first-order valence-electron chi connectivity index (χ1n) is 26.4. The van der Waals surface area contributed by atoms with E-state index in [2.05, 4.69) is 45.0 Å². The van der Waals surface area contributed by atoms with Crippen molar-refractivity contribution in [2.45, 2.75) is 159 Å². The number of esters is 6. The lowest BCUT2D eigenvalue weighted by molar-refractivity contribution is -0.187. The van der Waals surface area contributed by atoms with E-state index in [1.807, 2.05) is 13.8 Å². The number of H-pyrrole nitrogens is 1. The maximum absolute atomic E-state index is 13.2. The number of aromatic amines is 1. The Balaban J connectivity index is 1.02. The molecule has 2 aromatic heterocycles. The molecule has 2 aliphatic heterocycles. The number of aryl methyl sites for hydroxylation is 1. The number of aromatic nitrogens is 1. The fraction of sp³-hybridized carbons (Fsp3) is 0.528. The Bertz CT molecular complexity index is 3200. The lowest BCUT2D eigenvalue weighted by Gasteiger charge is -2.27. The number of hydrogen-bond donors (Lipinski definition) is 6. The van der Waals surface area contributed by atoms with E-state index in [0.717, 1.165) is 90.4 Å². The Labute approximate surface area is 479 Å². The van der Waals surface area contributed by atoms with Crippen LogP contribution in [0.1, 0.15) is 123 Å². The van der Waals surface area contributed by atoms with Gasteiger partial charge in [0.15, 0.2) is 46.5 Å². The van der Waals surface area contributed by atoms with Crippen LogP contribution < -0.4 is 26.0 Å². The van der Waals surface area contributed by atoms with E-state index < -0.39 is 126 Å². The molecule has 1 aromatic carbocycles. The number of nitrogens with zero attached hydrogens (tertiary/aromatic N) is 1. The first-order valence-corrected chi connectivity index (χ1v) is 30.3. The van der Waals surface area contributed by atoms with Crippen LogP contribution in [-0.2, 0) is 91.4 Å². The number of thiophene rings is 1. The SMILES string of the molecule is CCN[C@H]1C[C@H](C)S(=O)(=O)c2sc(S(=O)(=O)NC(=O)[C@H](C)OC(=O)[C@H](C)OC(=O)[C@H](C)OC(=O)[C@H](C)OC(=O)[C@H](C)OC(=O)[C@H](C)OC(=O)CCC(=O)Nc3ccc4c(c3)/C(=C/c3[nH]c(C)c(NCCN(CC)CC)c3C)C(=O)N4)cc21. The molecule has 3 aromatic rings. The van der Waals surface area contributed by atoms with Gasteiger partial charge in [0, 0.05) is 59.4 Å². The zero-order valence-corrected chi connectivity index (χ0v) is 50.0. The van der Waals surface area contributed by atoms with E-state index in [0.29, 0.717) is 40.4 Å². The smallest absolute Gasteiger partial charge is 0.347 e. The Kier molecular flexibility index (Phi) is 22.5. The summed E-state index contributed by atoms with van der Waals surface area (Å²) in [7, 11) is -8.49. The molecule has 0 fully saturated rings. The number of ether oxygens (including phenoxy) is 6. The van der Waals surface area contributed by atoms with E-state index in [9.17, 15) is 60.0 Å². The maximum atomic E-state index is 13.2. The first-order chi connectivity index (χ1) is 38.4. The van der Waals surface area contributed by atoms with Gasteiger partial charge in [-0.25, -0.2) is 45.5 Å². The van der Waals surface area contributed by atoms with Crippen LogP contribution in [0.5, 0.6) is 0 Å². The number of amides is 3. The van der Waals surface area contributed by atoms with Gasteiger partial charge in [-0.2, -0.15) is 0 Å². The van der Waals surface area contributed by atoms with Gasteiger partial charge in [-0.05, 0) is 124 Å². The number of anilines is 3. The van der Waals surface area contributed by atoms with E-state index in [-0.39, 0.29) is 28.5 Å². The standard InChI is InChI=1S/C53H71N7O19S3/c1-13-54-41-22-26(4)81(70,71)53-38(41)25-44(80-53)82(72,73)59-46(63)29(7)75-49(66)31(9)77-51(68)33(11)79-52(69)34(12)78-50(67)32(10)76-48(65)30(8)74-43(62)19-18-42(61)57-35-16-17-39-36(23-35)37(47(64)58-39)24-40-27(5)45(28(6)56-40)55-20-21-60(14-2)15-3/h16-17,23-26,29-34,41,54-56H,13-15,18-22H2,1-12H3,(H,57,61)(H,58,64)(H,59,63)/b37-24-/t26-,29-,30-,31-,32-,33-,34-,41-/m0/s1. The third-order valence-corrected chi connectivity index (χ3v) is 18.9. The van der Waals surface area contributed by atoms with E-state index >= 15 is 0 Å². The minimum atomic E-state index is -4.65. The number of likely N-dealkylation sites (N-methyl/N-ethyl adjacent to an activating group) is 1. The van der Waals surface area contributed by atoms with Crippen molar-refractivity contribution in [3.05, 3.63) is 52.3 Å². The summed E-state index contributed by atoms with van der Waals surface area (Å²) in [5, 5.41) is 11.4. The Morgan fingerprint density at radius 3 is 1.85 bits per heavy atom. The number of carbonyl (C=O) groups excluding carboxylic acids is 9. The molecule has 0 saturated heterocycles. The summed E-state index contributed by atoms with van der Waals surface area (Å²) >= 11 is 0.479. The van der Waals surface area contributed by atoms with Gasteiger partial charge in [0.05, 0.1) is 22.9 Å². The minimum absolute atomic E-state index is 0.144. The predicted octanol–water partition coefficient (Wildman–Crippen LogP) is 3.97. The quantitative estimate of drug-likeness (QED) is 0.0357. The monoisotopic (exact) mass is 1210 g/mol. The van der Waals surface area contributed by atoms with Crippen molar-refractivity contribution in [1.29, 1.82) is 0 Å². The van der Waals surface area contributed by atoms with E-state index in [1.165, 1.54) is 13.0 Å². The van der Waals surface area contributed by atoms with Crippen molar-refractivity contribution < 1.29 is 88.4 Å². The van der Waals surface area contributed by atoms with Crippen LogP contribution in [0, 0.1) is 13.8 Å². The number of fused-ring (bicyclic) bond motifs is 2. The maximum Gasteiger partial charge on any atom is 0.347 e. The number of hydrogen-bond acceptors (Lipinski definition) is 23. The number of carbonyl (C=O) groups is 9. The van der Waals surface area contributed by atoms with Crippen molar-refractivity contribution in [2.24, 2.45) is 0 Å². The van der Waals surface area contributed by atoms with Crippen LogP contribution in [0.15, 0.2) is 32.7 Å². The predicted molar refractivity (Wildman–Crippen MR) is 298 cm³/mol. The molecule has 0 radical (unpaired) electrons. The third kappa shape index (κ3) is 16.5. The van der Waals surface area contributed by atoms with Gasteiger partial charge in [-0.3, -0.25) is 19.2 Å². The van der Waals surface area contributed by atoms with E-state index in [1.54, 1.807) is 35.9 Å². The zero-order chi connectivity index (χ0) is 61.1. The summed E-state index contributed by atoms with van der Waals surface area (Å²) in [4.78, 5) is 121. The molecular weight excluding hydrogens is 1130 g/mol. The van der Waals surface area contributed by atoms with Crippen LogP contribution in [-0.4, -0.2) is 155 Å². The van der Waals surface area contributed by atoms with Crippen molar-refractivity contribution in [3.8, 4) is 0 Å². The van der Waals surface area contributed by atoms with Gasteiger partial charge >= 0.3 is 35.8 Å². The molecule has 0 spiro atoms. The molecule has 2 aliphatic rings. The van der Waals surface area contributed by atoms with Crippen LogP contribution in [0.3, 0.4) is 0 Å². The molecule has 6 N–H and O–H groups in total. The second kappa shape index (κ2) is 28.2. The lowest BCUT2D eigenvalue weighted by Crippen LogP contribution is -2.41.